The number of allylic oxidation sites excluding steroid dienone is 2. The van der Waals surface area contributed by atoms with E-state index < -0.39 is 0 Å². The van der Waals surface area contributed by atoms with Crippen molar-refractivity contribution >= 4 is 0 Å². The van der Waals surface area contributed by atoms with Crippen LogP contribution in [0, 0.1) is 5.92 Å². The highest BCUT2D eigenvalue weighted by Gasteiger charge is 2.44. The first kappa shape index (κ1) is 10.8. The second-order valence-electron chi connectivity index (χ2n) is 5.50. The van der Waals surface area contributed by atoms with E-state index in [1.807, 2.05) is 0 Å². The van der Waals surface area contributed by atoms with Gasteiger partial charge in [-0.2, -0.15) is 0 Å². The monoisotopic (exact) mass is 244 g/mol. The average Bonchev–Trinajstić information content (AvgIpc) is 2.47. The molecule has 1 unspecified atom stereocenters. The molecule has 0 aliphatic heterocycles. The molecule has 0 radical (unpaired) electrons. The van der Waals surface area contributed by atoms with Gasteiger partial charge in [-0.3, -0.25) is 0 Å². The molecule has 0 nitrogen and oxygen atoms in total. The predicted octanol–water partition coefficient (Wildman–Crippen LogP) is 4.64. The molecule has 0 heterocycles. The predicted molar refractivity (Wildman–Crippen MR) is 79.4 cm³/mol. The van der Waals surface area contributed by atoms with E-state index in [0.717, 1.165) is 0 Å². The van der Waals surface area contributed by atoms with E-state index in [1.54, 1.807) is 0 Å². The number of benzene rings is 2. The molecule has 3 aliphatic carbocycles. The molecule has 0 fully saturated rings. The lowest BCUT2D eigenvalue weighted by atomic mass is 9.57. The molecule has 0 saturated heterocycles. The Morgan fingerprint density at radius 2 is 1.26 bits per heavy atom. The minimum Gasteiger partial charge on any atom is -0.102 e. The van der Waals surface area contributed by atoms with Crippen LogP contribution in [0.25, 0.3) is 0 Å². The maximum atomic E-state index is 4.38. The van der Waals surface area contributed by atoms with Gasteiger partial charge in [-0.25, -0.2) is 0 Å². The van der Waals surface area contributed by atoms with Gasteiger partial charge in [0.1, 0.15) is 0 Å². The van der Waals surface area contributed by atoms with Gasteiger partial charge >= 0.3 is 0 Å². The molecule has 0 heteroatoms. The average molecular weight is 244 g/mol. The largest absolute Gasteiger partial charge is 0.102 e. The number of rotatable bonds is 1. The molecule has 3 aliphatic rings. The van der Waals surface area contributed by atoms with Gasteiger partial charge in [-0.15, -0.1) is 6.58 Å². The molecule has 1 atom stereocenters. The van der Waals surface area contributed by atoms with Crippen molar-refractivity contribution < 1.29 is 0 Å². The summed E-state index contributed by atoms with van der Waals surface area (Å²) in [5.41, 5.74) is 7.10. The van der Waals surface area contributed by atoms with E-state index in [4.69, 9.17) is 0 Å². The van der Waals surface area contributed by atoms with Crippen LogP contribution in [0.1, 0.15) is 34.1 Å². The molecule has 0 saturated carbocycles. The topological polar surface area (TPSA) is 0 Å². The molecular weight excluding hydrogens is 228 g/mol. The van der Waals surface area contributed by atoms with Crippen molar-refractivity contribution in [1.82, 2.24) is 0 Å². The van der Waals surface area contributed by atoms with Crippen molar-refractivity contribution in [1.29, 1.82) is 0 Å². The van der Waals surface area contributed by atoms with Gasteiger partial charge in [-0.05, 0) is 22.3 Å². The minimum atomic E-state index is 0.348. The highest BCUT2D eigenvalue weighted by atomic mass is 14.5. The fourth-order valence-corrected chi connectivity index (χ4v) is 3.93. The summed E-state index contributed by atoms with van der Waals surface area (Å²) in [5.74, 6) is 1.12. The van der Waals surface area contributed by atoms with Crippen LogP contribution < -0.4 is 0 Å². The van der Waals surface area contributed by atoms with Crippen LogP contribution >= 0.6 is 0 Å². The lowest BCUT2D eigenvalue weighted by Gasteiger charge is -2.46. The standard InChI is InChI=1S/C19H16/c1-3-13-12(2)18-14-8-4-6-10-16(14)19(13)17-11-7-5-9-15(17)18/h3-11,13,18-19H,1-2H2. The van der Waals surface area contributed by atoms with E-state index in [0.29, 0.717) is 17.8 Å². The first-order valence-corrected chi connectivity index (χ1v) is 6.82. The number of fused-ring (bicyclic) bond motifs is 1. The third-order valence-corrected chi connectivity index (χ3v) is 4.70. The zero-order chi connectivity index (χ0) is 13.0. The zero-order valence-electron chi connectivity index (χ0n) is 10.8. The molecule has 2 bridgehead atoms. The molecular formula is C19H16. The van der Waals surface area contributed by atoms with Gasteiger partial charge in [0.15, 0.2) is 0 Å². The molecule has 2 aromatic rings. The Bertz CT molecular complexity index is 645. The molecule has 92 valence electrons. The van der Waals surface area contributed by atoms with Crippen LogP contribution in [0.3, 0.4) is 0 Å². The Kier molecular flexibility index (Phi) is 2.11. The van der Waals surface area contributed by atoms with Gasteiger partial charge in [-0.1, -0.05) is 66.8 Å². The fraction of sp³-hybridized carbons (Fsp3) is 0.158. The summed E-state index contributed by atoms with van der Waals surface area (Å²) in [7, 11) is 0. The first-order chi connectivity index (χ1) is 9.33. The number of hydrogen-bond donors (Lipinski definition) is 0. The van der Waals surface area contributed by atoms with E-state index in [2.05, 4.69) is 67.8 Å². The van der Waals surface area contributed by atoms with Crippen LogP contribution in [-0.2, 0) is 0 Å². The maximum absolute atomic E-state index is 4.38. The second-order valence-corrected chi connectivity index (χ2v) is 5.50. The quantitative estimate of drug-likeness (QED) is 0.641. The van der Waals surface area contributed by atoms with Crippen LogP contribution in [0.2, 0.25) is 0 Å². The number of hydrogen-bond acceptors (Lipinski definition) is 0. The van der Waals surface area contributed by atoms with Crippen LogP contribution in [-0.4, -0.2) is 0 Å². The SMILES string of the molecule is C=CC1C(=C)C2c3ccccc3C1c1ccccc12. The van der Waals surface area contributed by atoms with Crippen molar-refractivity contribution in [3.8, 4) is 0 Å². The summed E-state index contributed by atoms with van der Waals surface area (Å²) in [5, 5.41) is 0. The fourth-order valence-electron chi connectivity index (χ4n) is 3.93. The molecule has 0 aromatic heterocycles. The summed E-state index contributed by atoms with van der Waals surface area (Å²) < 4.78 is 0. The lowest BCUT2D eigenvalue weighted by Crippen LogP contribution is -2.32. The summed E-state index contributed by atoms with van der Waals surface area (Å²) in [4.78, 5) is 0. The zero-order valence-corrected chi connectivity index (χ0v) is 10.8. The third-order valence-electron chi connectivity index (χ3n) is 4.70. The van der Waals surface area contributed by atoms with E-state index in [-0.39, 0.29) is 0 Å². The smallest absolute Gasteiger partial charge is 0.0308 e. The van der Waals surface area contributed by atoms with Crippen LogP contribution in [0.4, 0.5) is 0 Å². The maximum Gasteiger partial charge on any atom is 0.0308 e. The Morgan fingerprint density at radius 1 is 0.789 bits per heavy atom. The van der Waals surface area contributed by atoms with Crippen molar-refractivity contribution in [2.24, 2.45) is 5.92 Å². The molecule has 2 aromatic carbocycles. The molecule has 0 amide bonds. The Balaban J connectivity index is 2.09. The Labute approximate surface area is 114 Å². The van der Waals surface area contributed by atoms with Crippen molar-refractivity contribution in [3.63, 3.8) is 0 Å². The highest BCUT2D eigenvalue weighted by Crippen LogP contribution is 2.57. The van der Waals surface area contributed by atoms with Gasteiger partial charge < -0.3 is 0 Å². The van der Waals surface area contributed by atoms with E-state index >= 15 is 0 Å². The second kappa shape index (κ2) is 3.71. The Hall–Kier alpha value is -2.08. The van der Waals surface area contributed by atoms with E-state index in [9.17, 15) is 0 Å². The van der Waals surface area contributed by atoms with Gasteiger partial charge in [0.25, 0.3) is 0 Å². The molecule has 5 rings (SSSR count). The summed E-state index contributed by atoms with van der Waals surface area (Å²) in [6, 6.07) is 17.6. The van der Waals surface area contributed by atoms with Gasteiger partial charge in [0, 0.05) is 17.8 Å². The Morgan fingerprint density at radius 3 is 1.74 bits per heavy atom. The highest BCUT2D eigenvalue weighted by molar-refractivity contribution is 5.62. The lowest BCUT2D eigenvalue weighted by molar-refractivity contribution is 0.538. The van der Waals surface area contributed by atoms with Crippen LogP contribution in [0.15, 0.2) is 73.3 Å². The van der Waals surface area contributed by atoms with Crippen molar-refractivity contribution in [2.45, 2.75) is 11.8 Å². The minimum absolute atomic E-state index is 0.348. The van der Waals surface area contributed by atoms with Crippen LogP contribution in [0.5, 0.6) is 0 Å². The third kappa shape index (κ3) is 1.24. The summed E-state index contributed by atoms with van der Waals surface area (Å²) in [6.07, 6.45) is 2.08. The normalized spacial score (nSPS) is 26.7. The van der Waals surface area contributed by atoms with Gasteiger partial charge in [0.2, 0.25) is 0 Å². The van der Waals surface area contributed by atoms with Crippen molar-refractivity contribution in [3.05, 3.63) is 95.6 Å². The first-order valence-electron chi connectivity index (χ1n) is 6.82. The molecule has 0 N–H and O–H groups in total. The summed E-state index contributed by atoms with van der Waals surface area (Å²) >= 11 is 0. The molecule has 19 heavy (non-hydrogen) atoms. The molecule has 0 spiro atoms. The van der Waals surface area contributed by atoms with E-state index in [1.165, 1.54) is 27.8 Å². The summed E-state index contributed by atoms with van der Waals surface area (Å²) in [6.45, 7) is 8.41. The van der Waals surface area contributed by atoms with Gasteiger partial charge in [0.05, 0.1) is 0 Å². The van der Waals surface area contributed by atoms with Crippen molar-refractivity contribution in [2.75, 3.05) is 0 Å².